The summed E-state index contributed by atoms with van der Waals surface area (Å²) >= 11 is 0. The number of aromatic nitrogens is 1. The molecule has 150 valence electrons. The lowest BCUT2D eigenvalue weighted by molar-refractivity contribution is 0.483. The van der Waals surface area contributed by atoms with E-state index in [1.165, 1.54) is 69.9 Å². The Kier molecular flexibility index (Phi) is 9.64. The highest BCUT2D eigenvalue weighted by atomic mass is 32.2. The first-order valence-corrected chi connectivity index (χ1v) is 11.7. The third-order valence-corrected chi connectivity index (χ3v) is 5.89. The van der Waals surface area contributed by atoms with Crippen molar-refractivity contribution in [1.29, 1.82) is 0 Å². The van der Waals surface area contributed by atoms with Crippen LogP contribution < -0.4 is 0 Å². The normalized spacial score (nSPS) is 11.7. The summed E-state index contributed by atoms with van der Waals surface area (Å²) in [6, 6.07) is 10.7. The van der Waals surface area contributed by atoms with E-state index >= 15 is 0 Å². The summed E-state index contributed by atoms with van der Waals surface area (Å²) in [5.74, 6) is 0. The highest BCUT2D eigenvalue weighted by molar-refractivity contribution is 7.85. The van der Waals surface area contributed by atoms with E-state index in [-0.39, 0.29) is 4.90 Å². The van der Waals surface area contributed by atoms with Gasteiger partial charge in [-0.05, 0) is 49.1 Å². The molecule has 0 aliphatic rings. The van der Waals surface area contributed by atoms with Crippen molar-refractivity contribution in [3.8, 4) is 0 Å². The number of rotatable bonds is 14. The van der Waals surface area contributed by atoms with Gasteiger partial charge in [0.05, 0.1) is 4.90 Å². The number of nitrogens with zero attached hydrogens (tertiary/aromatic N) is 1. The van der Waals surface area contributed by atoms with Crippen LogP contribution in [-0.2, 0) is 23.1 Å². The summed E-state index contributed by atoms with van der Waals surface area (Å²) in [6.07, 6.45) is 18.2. The van der Waals surface area contributed by atoms with Crippen LogP contribution in [0.15, 0.2) is 53.7 Å². The van der Waals surface area contributed by atoms with Crippen LogP contribution in [0.5, 0.6) is 0 Å². The van der Waals surface area contributed by atoms with Crippen molar-refractivity contribution in [2.24, 2.45) is 0 Å². The Labute approximate surface area is 164 Å². The zero-order valence-corrected chi connectivity index (χ0v) is 17.0. The Bertz CT molecular complexity index is 721. The molecule has 0 radical (unpaired) electrons. The molecular weight excluding hydrogens is 358 g/mol. The summed E-state index contributed by atoms with van der Waals surface area (Å²) in [4.78, 5) is -0.0315. The Morgan fingerprint density at radius 3 is 1.70 bits per heavy atom. The molecule has 0 bridgehead atoms. The Hall–Kier alpha value is -1.59. The van der Waals surface area contributed by atoms with Gasteiger partial charge in [-0.25, -0.2) is 0 Å². The van der Waals surface area contributed by atoms with Gasteiger partial charge >= 0.3 is 0 Å². The Morgan fingerprint density at radius 1 is 0.704 bits per heavy atom. The fraction of sp³-hybridized carbons (Fsp3) is 0.545. The topological polar surface area (TPSA) is 59.3 Å². The van der Waals surface area contributed by atoms with Crippen molar-refractivity contribution < 1.29 is 13.0 Å². The second-order valence-electron chi connectivity index (χ2n) is 7.33. The second kappa shape index (κ2) is 12.0. The van der Waals surface area contributed by atoms with Crippen LogP contribution in [0.25, 0.3) is 0 Å². The highest BCUT2D eigenvalue weighted by Crippen LogP contribution is 2.15. The largest absolute Gasteiger partial charge is 0.354 e. The van der Waals surface area contributed by atoms with Gasteiger partial charge in [-0.1, -0.05) is 63.5 Å². The number of benzene rings is 1. The van der Waals surface area contributed by atoms with Gasteiger partial charge in [0.1, 0.15) is 0 Å². The molecule has 0 saturated heterocycles. The fourth-order valence-corrected chi connectivity index (χ4v) is 3.87. The van der Waals surface area contributed by atoms with E-state index in [1.54, 1.807) is 12.1 Å². The maximum atomic E-state index is 11.0. The number of unbranched alkanes of at least 4 members (excludes halogenated alkanes) is 9. The summed E-state index contributed by atoms with van der Waals surface area (Å²) in [5.41, 5.74) is 1.13. The molecule has 0 aliphatic heterocycles. The third-order valence-electron chi connectivity index (χ3n) is 5.02. The average Bonchev–Trinajstić information content (AvgIpc) is 3.16. The van der Waals surface area contributed by atoms with Crippen LogP contribution in [0.1, 0.15) is 69.8 Å². The molecule has 0 atom stereocenters. The van der Waals surface area contributed by atoms with E-state index < -0.39 is 10.1 Å². The highest BCUT2D eigenvalue weighted by Gasteiger charge is 2.08. The zero-order valence-electron chi connectivity index (χ0n) is 16.2. The lowest BCUT2D eigenvalue weighted by Crippen LogP contribution is -1.98. The van der Waals surface area contributed by atoms with E-state index in [9.17, 15) is 8.42 Å². The van der Waals surface area contributed by atoms with Crippen LogP contribution in [0.2, 0.25) is 0 Å². The molecular formula is C22H33NO3S. The Morgan fingerprint density at radius 2 is 1.19 bits per heavy atom. The molecule has 0 unspecified atom stereocenters. The summed E-state index contributed by atoms with van der Waals surface area (Å²) < 4.78 is 33.2. The van der Waals surface area contributed by atoms with Gasteiger partial charge in [0.15, 0.2) is 0 Å². The predicted molar refractivity (Wildman–Crippen MR) is 111 cm³/mol. The van der Waals surface area contributed by atoms with Gasteiger partial charge in [0, 0.05) is 18.9 Å². The molecule has 0 spiro atoms. The monoisotopic (exact) mass is 391 g/mol. The molecule has 0 amide bonds. The Balaban J connectivity index is 1.39. The van der Waals surface area contributed by atoms with Crippen LogP contribution in [0.4, 0.5) is 0 Å². The predicted octanol–water partition coefficient (Wildman–Crippen LogP) is 5.88. The zero-order chi connectivity index (χ0) is 19.4. The van der Waals surface area contributed by atoms with Gasteiger partial charge in [0.2, 0.25) is 0 Å². The molecule has 27 heavy (non-hydrogen) atoms. The minimum Gasteiger partial charge on any atom is -0.354 e. The SMILES string of the molecule is O=S(=O)(O)c1ccc(CCCCCCCCCCCCn2cccc2)cc1. The number of hydrogen-bond donors (Lipinski definition) is 1. The molecule has 1 aromatic heterocycles. The van der Waals surface area contributed by atoms with Crippen LogP contribution >= 0.6 is 0 Å². The molecule has 2 rings (SSSR count). The van der Waals surface area contributed by atoms with Crippen molar-refractivity contribution in [2.45, 2.75) is 82.1 Å². The molecule has 0 saturated carbocycles. The lowest BCUT2D eigenvalue weighted by atomic mass is 10.0. The maximum Gasteiger partial charge on any atom is 0.294 e. The van der Waals surface area contributed by atoms with E-state index in [1.807, 2.05) is 0 Å². The van der Waals surface area contributed by atoms with E-state index in [0.29, 0.717) is 0 Å². The number of hydrogen-bond acceptors (Lipinski definition) is 2. The standard InChI is InChI=1S/C22H33NO3S/c24-27(25,26)22-16-14-21(15-17-22)13-9-7-5-3-1-2-4-6-8-10-18-23-19-11-12-20-23/h11-12,14-17,19-20H,1-10,13,18H2,(H,24,25,26). The van der Waals surface area contributed by atoms with Gasteiger partial charge in [-0.2, -0.15) is 8.42 Å². The van der Waals surface area contributed by atoms with Crippen molar-refractivity contribution in [3.05, 3.63) is 54.4 Å². The molecule has 1 heterocycles. The van der Waals surface area contributed by atoms with Crippen LogP contribution in [0, 0.1) is 0 Å². The van der Waals surface area contributed by atoms with Crippen molar-refractivity contribution in [2.75, 3.05) is 0 Å². The number of aryl methyl sites for hydroxylation is 2. The maximum absolute atomic E-state index is 11.0. The quantitative estimate of drug-likeness (QED) is 0.323. The summed E-state index contributed by atoms with van der Waals surface area (Å²) in [7, 11) is -4.08. The van der Waals surface area contributed by atoms with Crippen LogP contribution in [-0.4, -0.2) is 17.5 Å². The second-order valence-corrected chi connectivity index (χ2v) is 8.75. The van der Waals surface area contributed by atoms with Crippen molar-refractivity contribution in [1.82, 2.24) is 4.57 Å². The van der Waals surface area contributed by atoms with Gasteiger partial charge < -0.3 is 4.57 Å². The molecule has 0 aliphatic carbocycles. The van der Waals surface area contributed by atoms with Gasteiger partial charge in [-0.3, -0.25) is 4.55 Å². The minimum absolute atomic E-state index is 0.0315. The fourth-order valence-electron chi connectivity index (χ4n) is 3.39. The molecule has 0 fully saturated rings. The van der Waals surface area contributed by atoms with Crippen LogP contribution in [0.3, 0.4) is 0 Å². The van der Waals surface area contributed by atoms with Gasteiger partial charge in [-0.15, -0.1) is 0 Å². The molecule has 1 aromatic carbocycles. The van der Waals surface area contributed by atoms with E-state index in [2.05, 4.69) is 29.1 Å². The first-order chi connectivity index (χ1) is 13.1. The summed E-state index contributed by atoms with van der Waals surface area (Å²) in [6.45, 7) is 1.14. The minimum atomic E-state index is -4.08. The third kappa shape index (κ3) is 9.25. The van der Waals surface area contributed by atoms with Crippen molar-refractivity contribution in [3.63, 3.8) is 0 Å². The lowest BCUT2D eigenvalue weighted by Gasteiger charge is -2.05. The first kappa shape index (κ1) is 21.7. The molecule has 1 N–H and O–H groups in total. The molecule has 4 nitrogen and oxygen atoms in total. The summed E-state index contributed by atoms with van der Waals surface area (Å²) in [5, 5.41) is 0. The average molecular weight is 392 g/mol. The smallest absolute Gasteiger partial charge is 0.294 e. The van der Waals surface area contributed by atoms with Crippen molar-refractivity contribution >= 4 is 10.1 Å². The van der Waals surface area contributed by atoms with E-state index in [4.69, 9.17) is 4.55 Å². The first-order valence-electron chi connectivity index (χ1n) is 10.2. The van der Waals surface area contributed by atoms with E-state index in [0.717, 1.165) is 24.9 Å². The molecule has 2 aromatic rings. The molecule has 5 heteroatoms. The van der Waals surface area contributed by atoms with Gasteiger partial charge in [0.25, 0.3) is 10.1 Å².